The van der Waals surface area contributed by atoms with Crippen LogP contribution in [0.5, 0.6) is 0 Å². The number of hydrogen-bond acceptors (Lipinski definition) is 4. The van der Waals surface area contributed by atoms with Crippen LogP contribution < -0.4 is 0 Å². The van der Waals surface area contributed by atoms with Crippen molar-refractivity contribution in [3.63, 3.8) is 0 Å². The lowest BCUT2D eigenvalue weighted by molar-refractivity contribution is 0.447. The zero-order valence-electron chi connectivity index (χ0n) is 10.6. The van der Waals surface area contributed by atoms with Crippen molar-refractivity contribution < 1.29 is 8.42 Å². The second kappa shape index (κ2) is 5.74. The number of hydrogen-bond donors (Lipinski definition) is 0. The average Bonchev–Trinajstić information content (AvgIpc) is 3.00. The molecule has 0 radical (unpaired) electrons. The molecule has 0 fully saturated rings. The fourth-order valence-corrected chi connectivity index (χ4v) is 4.43. The summed E-state index contributed by atoms with van der Waals surface area (Å²) in [6, 6.07) is 3.35. The van der Waals surface area contributed by atoms with Crippen molar-refractivity contribution in [2.45, 2.75) is 24.2 Å². The van der Waals surface area contributed by atoms with Gasteiger partial charge in [0.15, 0.2) is 0 Å². The topological polar surface area (TPSA) is 55.2 Å². The van der Waals surface area contributed by atoms with Crippen molar-refractivity contribution in [3.8, 4) is 0 Å². The molecule has 2 aromatic rings. The van der Waals surface area contributed by atoms with E-state index in [1.54, 1.807) is 35.4 Å². The normalized spacial score (nSPS) is 12.2. The summed E-state index contributed by atoms with van der Waals surface area (Å²) in [6.07, 6.45) is 1.68. The molecule has 0 amide bonds. The molecule has 0 aliphatic carbocycles. The molecule has 8 heteroatoms. The van der Waals surface area contributed by atoms with Gasteiger partial charge in [-0.1, -0.05) is 6.07 Å². The molecule has 0 aliphatic rings. The highest BCUT2D eigenvalue weighted by atomic mass is 79.9. The quantitative estimate of drug-likeness (QED) is 0.819. The molecular formula is C11H14BrN3O2S2. The molecule has 0 saturated carbocycles. The van der Waals surface area contributed by atoms with Crippen LogP contribution >= 0.6 is 27.3 Å². The summed E-state index contributed by atoms with van der Waals surface area (Å²) in [5, 5.41) is 5.94. The Hall–Kier alpha value is -0.700. The molecule has 0 aliphatic heterocycles. The van der Waals surface area contributed by atoms with Gasteiger partial charge in [-0.2, -0.15) is 9.40 Å². The minimum absolute atomic E-state index is 0.286. The van der Waals surface area contributed by atoms with Gasteiger partial charge in [-0.05, 0) is 34.3 Å². The Morgan fingerprint density at radius 2 is 2.26 bits per heavy atom. The zero-order valence-corrected chi connectivity index (χ0v) is 13.8. The second-order valence-corrected chi connectivity index (χ2v) is 8.02. The summed E-state index contributed by atoms with van der Waals surface area (Å²) in [4.78, 5) is 0. The van der Waals surface area contributed by atoms with Crippen LogP contribution in [-0.2, 0) is 23.1 Å². The summed E-state index contributed by atoms with van der Waals surface area (Å²) < 4.78 is 28.9. The smallest absolute Gasteiger partial charge is 0.252 e. The number of aromatic nitrogens is 2. The Labute approximate surface area is 125 Å². The van der Waals surface area contributed by atoms with E-state index in [1.165, 1.54) is 15.6 Å². The largest absolute Gasteiger partial charge is 0.267 e. The van der Waals surface area contributed by atoms with Crippen LogP contribution in [0.15, 0.2) is 32.4 Å². The van der Waals surface area contributed by atoms with Gasteiger partial charge in [0.1, 0.15) is 4.21 Å². The molecule has 0 N–H and O–H groups in total. The van der Waals surface area contributed by atoms with Crippen molar-refractivity contribution in [1.29, 1.82) is 0 Å². The molecule has 19 heavy (non-hydrogen) atoms. The molecule has 0 atom stereocenters. The Kier molecular flexibility index (Phi) is 4.44. The first-order valence-corrected chi connectivity index (χ1v) is 8.78. The third kappa shape index (κ3) is 2.91. The van der Waals surface area contributed by atoms with Crippen LogP contribution in [-0.4, -0.2) is 29.6 Å². The third-order valence-corrected chi connectivity index (χ3v) is 6.57. The van der Waals surface area contributed by atoms with Gasteiger partial charge >= 0.3 is 0 Å². The van der Waals surface area contributed by atoms with Crippen molar-refractivity contribution in [2.75, 3.05) is 7.05 Å². The third-order valence-electron chi connectivity index (χ3n) is 2.73. The molecular weight excluding hydrogens is 350 g/mol. The molecule has 0 spiro atoms. The summed E-state index contributed by atoms with van der Waals surface area (Å²) in [5.74, 6) is 0. The van der Waals surface area contributed by atoms with E-state index in [0.717, 1.165) is 10.2 Å². The van der Waals surface area contributed by atoms with E-state index >= 15 is 0 Å². The van der Waals surface area contributed by atoms with Gasteiger partial charge in [-0.25, -0.2) is 8.42 Å². The van der Waals surface area contributed by atoms with Crippen LogP contribution in [0.4, 0.5) is 0 Å². The minimum Gasteiger partial charge on any atom is -0.267 e. The van der Waals surface area contributed by atoms with E-state index in [1.807, 2.05) is 6.92 Å². The second-order valence-electron chi connectivity index (χ2n) is 3.95. The van der Waals surface area contributed by atoms with Gasteiger partial charge in [0.2, 0.25) is 0 Å². The Bertz CT molecular complexity index is 650. The molecule has 0 saturated heterocycles. The van der Waals surface area contributed by atoms with Crippen LogP contribution in [0, 0.1) is 0 Å². The predicted octanol–water partition coefficient (Wildman–Crippen LogP) is 2.55. The Balaban J connectivity index is 2.26. The van der Waals surface area contributed by atoms with E-state index in [-0.39, 0.29) is 6.54 Å². The maximum atomic E-state index is 12.3. The number of halogens is 1. The first-order chi connectivity index (χ1) is 8.96. The van der Waals surface area contributed by atoms with E-state index in [2.05, 4.69) is 21.0 Å². The summed E-state index contributed by atoms with van der Waals surface area (Å²) >= 11 is 4.62. The zero-order chi connectivity index (χ0) is 14.0. The summed E-state index contributed by atoms with van der Waals surface area (Å²) in [6.45, 7) is 2.96. The van der Waals surface area contributed by atoms with E-state index in [4.69, 9.17) is 0 Å². The standard InChI is InChI=1S/C11H14BrN3O2S2/c1-3-15-10(9(12)7-13-15)8-14(2)19(16,17)11-5-4-6-18-11/h4-7H,3,8H2,1-2H3. The molecule has 0 aromatic carbocycles. The van der Waals surface area contributed by atoms with Gasteiger partial charge in [0, 0.05) is 13.6 Å². The first kappa shape index (κ1) is 14.7. The van der Waals surface area contributed by atoms with Crippen LogP contribution in [0.1, 0.15) is 12.6 Å². The summed E-state index contributed by atoms with van der Waals surface area (Å²) in [7, 11) is -1.85. The van der Waals surface area contributed by atoms with E-state index in [9.17, 15) is 8.42 Å². The van der Waals surface area contributed by atoms with Crippen molar-refractivity contribution >= 4 is 37.3 Å². The van der Waals surface area contributed by atoms with Gasteiger partial charge in [0.25, 0.3) is 10.0 Å². The highest BCUT2D eigenvalue weighted by Gasteiger charge is 2.23. The Morgan fingerprint density at radius 1 is 1.53 bits per heavy atom. The Morgan fingerprint density at radius 3 is 2.84 bits per heavy atom. The van der Waals surface area contributed by atoms with Gasteiger partial charge < -0.3 is 0 Å². The highest BCUT2D eigenvalue weighted by Crippen LogP contribution is 2.23. The highest BCUT2D eigenvalue weighted by molar-refractivity contribution is 9.10. The van der Waals surface area contributed by atoms with Crippen molar-refractivity contribution in [3.05, 3.63) is 33.9 Å². The van der Waals surface area contributed by atoms with Crippen LogP contribution in [0.25, 0.3) is 0 Å². The molecule has 2 rings (SSSR count). The summed E-state index contributed by atoms with van der Waals surface area (Å²) in [5.41, 5.74) is 0.852. The number of thiophene rings is 1. The maximum absolute atomic E-state index is 12.3. The molecule has 2 heterocycles. The van der Waals surface area contributed by atoms with Crippen molar-refractivity contribution in [2.24, 2.45) is 0 Å². The lowest BCUT2D eigenvalue weighted by Crippen LogP contribution is -2.27. The number of aryl methyl sites for hydroxylation is 1. The van der Waals surface area contributed by atoms with Gasteiger partial charge in [0.05, 0.1) is 22.9 Å². The molecule has 2 aromatic heterocycles. The van der Waals surface area contributed by atoms with E-state index in [0.29, 0.717) is 10.8 Å². The molecule has 0 bridgehead atoms. The fraction of sp³-hybridized carbons (Fsp3) is 0.364. The number of nitrogens with zero attached hydrogens (tertiary/aromatic N) is 3. The molecule has 0 unspecified atom stereocenters. The van der Waals surface area contributed by atoms with Crippen LogP contribution in [0.2, 0.25) is 0 Å². The average molecular weight is 364 g/mol. The van der Waals surface area contributed by atoms with Crippen molar-refractivity contribution in [1.82, 2.24) is 14.1 Å². The van der Waals surface area contributed by atoms with Gasteiger partial charge in [-0.3, -0.25) is 4.68 Å². The monoisotopic (exact) mass is 363 g/mol. The van der Waals surface area contributed by atoms with E-state index < -0.39 is 10.0 Å². The predicted molar refractivity (Wildman–Crippen MR) is 78.6 cm³/mol. The van der Waals surface area contributed by atoms with Crippen LogP contribution in [0.3, 0.4) is 0 Å². The molecule has 5 nitrogen and oxygen atoms in total. The minimum atomic E-state index is -3.42. The number of rotatable bonds is 5. The lowest BCUT2D eigenvalue weighted by atomic mass is 10.4. The maximum Gasteiger partial charge on any atom is 0.252 e. The molecule has 104 valence electrons. The first-order valence-electron chi connectivity index (χ1n) is 5.66. The SMILES string of the molecule is CCn1ncc(Br)c1CN(C)S(=O)(=O)c1cccs1. The lowest BCUT2D eigenvalue weighted by Gasteiger charge is -2.17. The van der Waals surface area contributed by atoms with Gasteiger partial charge in [-0.15, -0.1) is 11.3 Å². The number of sulfonamides is 1. The fourth-order valence-electron chi connectivity index (χ4n) is 1.68.